The Kier molecular flexibility index (Phi) is 4.21. The summed E-state index contributed by atoms with van der Waals surface area (Å²) in [5.41, 5.74) is 5.43. The van der Waals surface area contributed by atoms with E-state index in [9.17, 15) is 9.90 Å². The van der Waals surface area contributed by atoms with Crippen LogP contribution in [-0.2, 0) is 13.0 Å². The molecule has 0 radical (unpaired) electrons. The van der Waals surface area contributed by atoms with E-state index >= 15 is 0 Å². The van der Waals surface area contributed by atoms with Gasteiger partial charge in [-0.3, -0.25) is 4.79 Å². The molecule has 29 heavy (non-hydrogen) atoms. The lowest BCUT2D eigenvalue weighted by Gasteiger charge is -2.29. The SMILES string of the molecule is O=C(c1ccc2nc(-c3ccccc3)c(O)nc2c1)N1CCc2ccccc2C1. The van der Waals surface area contributed by atoms with Crippen molar-refractivity contribution in [1.29, 1.82) is 0 Å². The molecule has 0 fully saturated rings. The highest BCUT2D eigenvalue weighted by Crippen LogP contribution is 2.28. The summed E-state index contributed by atoms with van der Waals surface area (Å²) in [7, 11) is 0. The summed E-state index contributed by atoms with van der Waals surface area (Å²) < 4.78 is 0. The van der Waals surface area contributed by atoms with Gasteiger partial charge in [0.05, 0.1) is 11.0 Å². The number of amides is 1. The van der Waals surface area contributed by atoms with Gasteiger partial charge in [0.25, 0.3) is 5.91 Å². The van der Waals surface area contributed by atoms with Crippen LogP contribution in [0.4, 0.5) is 0 Å². The second-order valence-corrected chi connectivity index (χ2v) is 7.21. The summed E-state index contributed by atoms with van der Waals surface area (Å²) in [4.78, 5) is 23.7. The van der Waals surface area contributed by atoms with Crippen molar-refractivity contribution in [1.82, 2.24) is 14.9 Å². The smallest absolute Gasteiger partial charge is 0.254 e. The number of benzene rings is 3. The second kappa shape index (κ2) is 7.02. The molecule has 5 rings (SSSR count). The molecule has 0 aliphatic carbocycles. The van der Waals surface area contributed by atoms with E-state index < -0.39 is 0 Å². The standard InChI is InChI=1S/C24H19N3O2/c28-23-22(17-7-2-1-3-8-17)25-20-11-10-18(14-21(20)26-23)24(29)27-13-12-16-6-4-5-9-19(16)15-27/h1-11,14H,12-13,15H2,(H,26,28). The number of carbonyl (C=O) groups excluding carboxylic acids is 1. The van der Waals surface area contributed by atoms with Crippen molar-refractivity contribution in [3.63, 3.8) is 0 Å². The first-order valence-electron chi connectivity index (χ1n) is 9.61. The summed E-state index contributed by atoms with van der Waals surface area (Å²) >= 11 is 0. The summed E-state index contributed by atoms with van der Waals surface area (Å²) in [5.74, 6) is -0.171. The third-order valence-corrected chi connectivity index (χ3v) is 5.36. The van der Waals surface area contributed by atoms with E-state index in [1.54, 1.807) is 18.2 Å². The lowest BCUT2D eigenvalue weighted by Crippen LogP contribution is -2.35. The largest absolute Gasteiger partial charge is 0.492 e. The minimum absolute atomic E-state index is 0.0326. The van der Waals surface area contributed by atoms with Gasteiger partial charge in [-0.2, -0.15) is 0 Å². The molecule has 5 nitrogen and oxygen atoms in total. The third-order valence-electron chi connectivity index (χ3n) is 5.36. The van der Waals surface area contributed by atoms with Crippen LogP contribution in [0.5, 0.6) is 5.88 Å². The van der Waals surface area contributed by atoms with E-state index in [-0.39, 0.29) is 11.8 Å². The Labute approximate surface area is 168 Å². The van der Waals surface area contributed by atoms with Gasteiger partial charge in [-0.15, -0.1) is 0 Å². The van der Waals surface area contributed by atoms with Gasteiger partial charge in [0.2, 0.25) is 5.88 Å². The maximum Gasteiger partial charge on any atom is 0.254 e. The van der Waals surface area contributed by atoms with Crippen LogP contribution in [0, 0.1) is 0 Å². The fourth-order valence-electron chi connectivity index (χ4n) is 3.82. The van der Waals surface area contributed by atoms with Gasteiger partial charge in [-0.05, 0) is 35.7 Å². The van der Waals surface area contributed by atoms with Crippen molar-refractivity contribution in [3.8, 4) is 17.1 Å². The Morgan fingerprint density at radius 2 is 1.62 bits per heavy atom. The molecule has 0 bridgehead atoms. The van der Waals surface area contributed by atoms with Gasteiger partial charge >= 0.3 is 0 Å². The minimum Gasteiger partial charge on any atom is -0.492 e. The molecule has 1 aliphatic rings. The van der Waals surface area contributed by atoms with Crippen LogP contribution >= 0.6 is 0 Å². The third kappa shape index (κ3) is 3.21. The first-order chi connectivity index (χ1) is 14.2. The Morgan fingerprint density at radius 1 is 0.862 bits per heavy atom. The quantitative estimate of drug-likeness (QED) is 0.565. The number of carbonyl (C=O) groups is 1. The van der Waals surface area contributed by atoms with Crippen LogP contribution in [0.15, 0.2) is 72.8 Å². The van der Waals surface area contributed by atoms with E-state index in [1.807, 2.05) is 47.4 Å². The second-order valence-electron chi connectivity index (χ2n) is 7.21. The molecular formula is C24H19N3O2. The Morgan fingerprint density at radius 3 is 2.45 bits per heavy atom. The maximum absolute atomic E-state index is 13.0. The fourth-order valence-corrected chi connectivity index (χ4v) is 3.82. The van der Waals surface area contributed by atoms with Crippen molar-refractivity contribution < 1.29 is 9.90 Å². The Balaban J connectivity index is 1.47. The van der Waals surface area contributed by atoms with Crippen LogP contribution in [0.25, 0.3) is 22.3 Å². The normalized spacial score (nSPS) is 13.3. The Hall–Kier alpha value is -3.73. The van der Waals surface area contributed by atoms with Crippen molar-refractivity contribution in [2.75, 3.05) is 6.54 Å². The van der Waals surface area contributed by atoms with E-state index in [0.29, 0.717) is 35.4 Å². The lowest BCUT2D eigenvalue weighted by atomic mass is 9.99. The van der Waals surface area contributed by atoms with Crippen LogP contribution in [0.3, 0.4) is 0 Å². The van der Waals surface area contributed by atoms with Crippen LogP contribution in [0.1, 0.15) is 21.5 Å². The molecule has 0 atom stereocenters. The predicted octanol–water partition coefficient (Wildman–Crippen LogP) is 4.20. The predicted molar refractivity (Wildman–Crippen MR) is 112 cm³/mol. The average molecular weight is 381 g/mol. The summed E-state index contributed by atoms with van der Waals surface area (Å²) in [6.45, 7) is 1.30. The minimum atomic E-state index is -0.139. The zero-order chi connectivity index (χ0) is 19.8. The average Bonchev–Trinajstić information content (AvgIpc) is 2.78. The molecule has 142 valence electrons. The van der Waals surface area contributed by atoms with Gasteiger partial charge in [0.1, 0.15) is 5.69 Å². The molecule has 1 amide bonds. The molecule has 0 saturated heterocycles. The molecule has 1 N–H and O–H groups in total. The molecule has 0 spiro atoms. The van der Waals surface area contributed by atoms with Crippen LogP contribution < -0.4 is 0 Å². The summed E-state index contributed by atoms with van der Waals surface area (Å²) in [5, 5.41) is 10.4. The lowest BCUT2D eigenvalue weighted by molar-refractivity contribution is 0.0735. The zero-order valence-electron chi connectivity index (χ0n) is 15.7. The number of aromatic nitrogens is 2. The number of hydrogen-bond donors (Lipinski definition) is 1. The van der Waals surface area contributed by atoms with Crippen molar-refractivity contribution in [2.45, 2.75) is 13.0 Å². The van der Waals surface area contributed by atoms with Crippen LogP contribution in [0.2, 0.25) is 0 Å². The van der Waals surface area contributed by atoms with Crippen molar-refractivity contribution in [3.05, 3.63) is 89.5 Å². The zero-order valence-corrected chi connectivity index (χ0v) is 15.7. The van der Waals surface area contributed by atoms with E-state index in [0.717, 1.165) is 12.0 Å². The van der Waals surface area contributed by atoms with Gasteiger partial charge in [-0.1, -0.05) is 54.6 Å². The summed E-state index contributed by atoms with van der Waals surface area (Å²) in [6, 6.07) is 23.0. The first-order valence-corrected chi connectivity index (χ1v) is 9.61. The fraction of sp³-hybridized carbons (Fsp3) is 0.125. The van der Waals surface area contributed by atoms with Gasteiger partial charge in [-0.25, -0.2) is 9.97 Å². The van der Waals surface area contributed by atoms with E-state index in [1.165, 1.54) is 11.1 Å². The highest BCUT2D eigenvalue weighted by Gasteiger charge is 2.22. The molecular weight excluding hydrogens is 362 g/mol. The highest BCUT2D eigenvalue weighted by atomic mass is 16.3. The molecule has 4 aromatic rings. The molecule has 1 aliphatic heterocycles. The number of hydrogen-bond acceptors (Lipinski definition) is 4. The molecule has 0 saturated carbocycles. The Bertz CT molecular complexity index is 1220. The first kappa shape index (κ1) is 17.4. The van der Waals surface area contributed by atoms with Gasteiger partial charge in [0, 0.05) is 24.2 Å². The molecule has 2 heterocycles. The number of aromatic hydroxyl groups is 1. The molecule has 5 heteroatoms. The van der Waals surface area contributed by atoms with Crippen LogP contribution in [-0.4, -0.2) is 32.4 Å². The molecule has 0 unspecified atom stereocenters. The van der Waals surface area contributed by atoms with E-state index in [2.05, 4.69) is 22.1 Å². The molecule has 1 aromatic heterocycles. The maximum atomic E-state index is 13.0. The number of rotatable bonds is 2. The number of fused-ring (bicyclic) bond motifs is 2. The van der Waals surface area contributed by atoms with Crippen molar-refractivity contribution >= 4 is 16.9 Å². The van der Waals surface area contributed by atoms with E-state index in [4.69, 9.17) is 0 Å². The summed E-state index contributed by atoms with van der Waals surface area (Å²) in [6.07, 6.45) is 0.858. The van der Waals surface area contributed by atoms with Crippen molar-refractivity contribution in [2.24, 2.45) is 0 Å². The number of nitrogens with zero attached hydrogens (tertiary/aromatic N) is 3. The highest BCUT2D eigenvalue weighted by molar-refractivity contribution is 5.97. The monoisotopic (exact) mass is 381 g/mol. The molecule has 3 aromatic carbocycles. The van der Waals surface area contributed by atoms with Gasteiger partial charge in [0.15, 0.2) is 0 Å². The van der Waals surface area contributed by atoms with Gasteiger partial charge < -0.3 is 10.0 Å². The topological polar surface area (TPSA) is 66.3 Å².